The molecule has 2 N–H and O–H groups in total. The molecular weight excluding hydrogens is 274 g/mol. The average Bonchev–Trinajstić information content (AvgIpc) is 3.00. The highest BCUT2D eigenvalue weighted by molar-refractivity contribution is 5.88. The van der Waals surface area contributed by atoms with Crippen molar-refractivity contribution in [1.29, 1.82) is 0 Å². The van der Waals surface area contributed by atoms with E-state index in [0.717, 1.165) is 31.2 Å². The van der Waals surface area contributed by atoms with Crippen LogP contribution in [0, 0.1) is 6.92 Å². The predicted octanol–water partition coefficient (Wildman–Crippen LogP) is 2.97. The molecule has 0 radical (unpaired) electrons. The summed E-state index contributed by atoms with van der Waals surface area (Å²) in [5.41, 5.74) is 3.45. The second-order valence-electron chi connectivity index (χ2n) is 5.96. The third-order valence-corrected chi connectivity index (χ3v) is 4.21. The van der Waals surface area contributed by atoms with E-state index in [0.29, 0.717) is 4.48 Å². The summed E-state index contributed by atoms with van der Waals surface area (Å²) in [6.45, 7) is 4.57. The predicted molar refractivity (Wildman–Crippen MR) is 91.8 cm³/mol. The number of phenolic OH excluding ortho intramolecular Hbond substituents is 1. The molecule has 4 nitrogen and oxygen atoms in total. The maximum Gasteiger partial charge on any atom is 0.153 e. The average molecular weight is 296 g/mol. The molecule has 22 heavy (non-hydrogen) atoms. The monoisotopic (exact) mass is 296 g/mol. The van der Waals surface area contributed by atoms with Crippen LogP contribution in [0.25, 0.3) is 0 Å². The fraction of sp³-hybridized carbons (Fsp3) is 0.278. The van der Waals surface area contributed by atoms with Crippen LogP contribution in [0.3, 0.4) is 0 Å². The zero-order valence-electron chi connectivity index (χ0n) is 13.1. The fourth-order valence-corrected chi connectivity index (χ4v) is 2.86. The Hall–Kier alpha value is -2.33. The first-order valence-corrected chi connectivity index (χ1v) is 7.57. The minimum Gasteiger partial charge on any atom is -0.508 e. The molecule has 114 valence electrons. The van der Waals surface area contributed by atoms with Crippen molar-refractivity contribution in [2.24, 2.45) is 4.99 Å². The summed E-state index contributed by atoms with van der Waals surface area (Å²) in [6, 6.07) is 16.0. The second-order valence-corrected chi connectivity index (χ2v) is 5.96. The molecule has 1 heterocycles. The van der Waals surface area contributed by atoms with Crippen LogP contribution in [0.1, 0.15) is 5.56 Å². The number of rotatable bonds is 4. The normalized spacial score (nSPS) is 16.7. The molecule has 1 unspecified atom stereocenters. The first-order valence-electron chi connectivity index (χ1n) is 7.57. The van der Waals surface area contributed by atoms with Gasteiger partial charge in [-0.05, 0) is 31.2 Å². The Labute approximate surface area is 131 Å². The number of hydrogen-bond acceptors (Lipinski definition) is 3. The van der Waals surface area contributed by atoms with Gasteiger partial charge in [0.25, 0.3) is 0 Å². The molecule has 0 saturated carbocycles. The lowest BCUT2D eigenvalue weighted by Crippen LogP contribution is -2.46. The van der Waals surface area contributed by atoms with Gasteiger partial charge in [0.1, 0.15) is 23.7 Å². The highest BCUT2D eigenvalue weighted by Crippen LogP contribution is 2.34. The summed E-state index contributed by atoms with van der Waals surface area (Å²) in [5.74, 6) is 1.31. The van der Waals surface area contributed by atoms with Crippen molar-refractivity contribution >= 4 is 17.2 Å². The molecule has 4 heteroatoms. The van der Waals surface area contributed by atoms with Gasteiger partial charge in [-0.15, -0.1) is 0 Å². The van der Waals surface area contributed by atoms with Gasteiger partial charge in [-0.3, -0.25) is 9.48 Å². The number of hydrogen-bond donors (Lipinski definition) is 2. The van der Waals surface area contributed by atoms with Crippen LogP contribution in [0.5, 0.6) is 5.75 Å². The summed E-state index contributed by atoms with van der Waals surface area (Å²) < 4.78 is 0.570. The number of likely N-dealkylation sites (N-methyl/N-ethyl adjacent to an activating group) is 1. The van der Waals surface area contributed by atoms with Crippen LogP contribution in [-0.4, -0.2) is 37.6 Å². The lowest BCUT2D eigenvalue weighted by atomic mass is 10.1. The highest BCUT2D eigenvalue weighted by atomic mass is 16.3. The van der Waals surface area contributed by atoms with Gasteiger partial charge in [0.05, 0.1) is 13.6 Å². The molecule has 2 aromatic rings. The molecule has 0 amide bonds. The third kappa shape index (κ3) is 2.83. The molecule has 0 aliphatic carbocycles. The Morgan fingerprint density at radius 3 is 2.55 bits per heavy atom. The maximum absolute atomic E-state index is 9.87. The van der Waals surface area contributed by atoms with Gasteiger partial charge in [-0.25, -0.2) is 0 Å². The Balaban J connectivity index is 2.06. The largest absolute Gasteiger partial charge is 0.508 e. The number of aryl methyl sites for hydroxylation is 1. The molecule has 0 bridgehead atoms. The topological polar surface area (TPSA) is 44.6 Å². The van der Waals surface area contributed by atoms with E-state index in [1.807, 2.05) is 12.1 Å². The maximum atomic E-state index is 9.87. The van der Waals surface area contributed by atoms with Crippen LogP contribution in [0.15, 0.2) is 53.5 Å². The number of nitrogens with one attached hydrogen (secondary N) is 1. The molecule has 0 fully saturated rings. The summed E-state index contributed by atoms with van der Waals surface area (Å²) in [7, 11) is 2.15. The SMILES string of the molecule is Cc1ccc([N+](C)(CC2=NCCN2)c2cccc(O)c2)cc1. The molecule has 2 aromatic carbocycles. The fourth-order valence-electron chi connectivity index (χ4n) is 2.86. The zero-order chi connectivity index (χ0) is 15.6. The molecular formula is C18H22N3O+. The summed E-state index contributed by atoms with van der Waals surface area (Å²) in [4.78, 5) is 4.54. The number of nitrogens with zero attached hydrogens (tertiary/aromatic N) is 2. The Kier molecular flexibility index (Phi) is 3.86. The van der Waals surface area contributed by atoms with Gasteiger partial charge in [0.15, 0.2) is 5.84 Å². The van der Waals surface area contributed by atoms with Gasteiger partial charge in [0.2, 0.25) is 0 Å². The standard InChI is InChI=1S/C18H21N3O/c1-14-6-8-15(9-7-14)21(2,13-18-19-10-11-20-18)16-4-3-5-17(22)12-16/h3-9,12H,10-11,13H2,1-2H3,(H-,19,20,22)/p+1. The summed E-state index contributed by atoms with van der Waals surface area (Å²) in [5, 5.41) is 13.2. The second kappa shape index (κ2) is 5.81. The molecule has 0 aromatic heterocycles. The van der Waals surface area contributed by atoms with Gasteiger partial charge >= 0.3 is 0 Å². The van der Waals surface area contributed by atoms with Gasteiger partial charge < -0.3 is 10.4 Å². The van der Waals surface area contributed by atoms with E-state index < -0.39 is 0 Å². The molecule has 1 aliphatic rings. The van der Waals surface area contributed by atoms with Gasteiger partial charge in [-0.2, -0.15) is 0 Å². The van der Waals surface area contributed by atoms with E-state index in [2.05, 4.69) is 54.6 Å². The molecule has 0 saturated heterocycles. The smallest absolute Gasteiger partial charge is 0.153 e. The van der Waals surface area contributed by atoms with Crippen molar-refractivity contribution in [3.05, 3.63) is 54.1 Å². The lowest BCUT2D eigenvalue weighted by molar-refractivity contribution is 0.467. The Bertz CT molecular complexity index is 694. The van der Waals surface area contributed by atoms with Crippen LogP contribution in [-0.2, 0) is 0 Å². The Morgan fingerprint density at radius 1 is 1.14 bits per heavy atom. The summed E-state index contributed by atoms with van der Waals surface area (Å²) in [6.07, 6.45) is 0. The summed E-state index contributed by atoms with van der Waals surface area (Å²) >= 11 is 0. The van der Waals surface area contributed by atoms with Crippen molar-refractivity contribution in [3.8, 4) is 5.75 Å². The minimum absolute atomic E-state index is 0.287. The van der Waals surface area contributed by atoms with Crippen LogP contribution >= 0.6 is 0 Å². The number of aliphatic imine (C=N–C) groups is 1. The minimum atomic E-state index is 0.287. The van der Waals surface area contributed by atoms with E-state index in [9.17, 15) is 5.11 Å². The van der Waals surface area contributed by atoms with E-state index in [1.54, 1.807) is 6.07 Å². The molecule has 1 aliphatic heterocycles. The number of aromatic hydroxyl groups is 1. The first kappa shape index (κ1) is 14.6. The van der Waals surface area contributed by atoms with E-state index in [-0.39, 0.29) is 5.75 Å². The van der Waals surface area contributed by atoms with E-state index >= 15 is 0 Å². The van der Waals surface area contributed by atoms with Crippen molar-refractivity contribution in [1.82, 2.24) is 9.80 Å². The lowest BCUT2D eigenvalue weighted by Gasteiger charge is -2.33. The van der Waals surface area contributed by atoms with Crippen LogP contribution in [0.2, 0.25) is 0 Å². The highest BCUT2D eigenvalue weighted by Gasteiger charge is 2.31. The Morgan fingerprint density at radius 2 is 1.91 bits per heavy atom. The van der Waals surface area contributed by atoms with Gasteiger partial charge in [0, 0.05) is 12.6 Å². The third-order valence-electron chi connectivity index (χ3n) is 4.21. The van der Waals surface area contributed by atoms with Crippen LogP contribution < -0.4 is 9.80 Å². The number of amidine groups is 1. The van der Waals surface area contributed by atoms with E-state index in [4.69, 9.17) is 0 Å². The van der Waals surface area contributed by atoms with Crippen molar-refractivity contribution in [3.63, 3.8) is 0 Å². The number of quaternary nitrogens is 1. The quantitative estimate of drug-likeness (QED) is 0.852. The van der Waals surface area contributed by atoms with Gasteiger partial charge in [-0.1, -0.05) is 23.8 Å². The first-order chi connectivity index (χ1) is 10.6. The molecule has 0 spiro atoms. The molecule has 1 atom stereocenters. The van der Waals surface area contributed by atoms with Crippen molar-refractivity contribution in [2.45, 2.75) is 6.92 Å². The van der Waals surface area contributed by atoms with Crippen molar-refractivity contribution in [2.75, 3.05) is 26.7 Å². The number of benzene rings is 2. The van der Waals surface area contributed by atoms with E-state index in [1.165, 1.54) is 11.3 Å². The zero-order valence-corrected chi connectivity index (χ0v) is 13.1. The molecule has 3 rings (SSSR count). The van der Waals surface area contributed by atoms with Crippen LogP contribution in [0.4, 0.5) is 11.4 Å². The number of phenols is 1. The van der Waals surface area contributed by atoms with Crippen molar-refractivity contribution < 1.29 is 5.11 Å².